The normalized spacial score (nSPS) is 12.8. The number of aryl methyl sites for hydroxylation is 1. The number of rotatable bonds is 5. The third-order valence-corrected chi connectivity index (χ3v) is 3.03. The minimum Gasteiger partial charge on any atom is -0.261 e. The number of pyridine rings is 1. The molecule has 0 saturated carbocycles. The Morgan fingerprint density at radius 3 is 2.86 bits per heavy atom. The summed E-state index contributed by atoms with van der Waals surface area (Å²) in [6.07, 6.45) is 7.25. The molecule has 1 aromatic heterocycles. The zero-order chi connectivity index (χ0) is 10.4. The highest BCUT2D eigenvalue weighted by molar-refractivity contribution is 9.09. The molecular weight excluding hydrogens is 245 g/mol. The van der Waals surface area contributed by atoms with E-state index >= 15 is 0 Å². The Morgan fingerprint density at radius 2 is 2.21 bits per heavy atom. The van der Waals surface area contributed by atoms with E-state index in [0.717, 1.165) is 18.4 Å². The fourth-order valence-electron chi connectivity index (χ4n) is 1.37. The molecule has 0 aromatic carbocycles. The number of hydrogen-bond acceptors (Lipinski definition) is 1. The summed E-state index contributed by atoms with van der Waals surface area (Å²) in [4.78, 5) is 4.36. The van der Waals surface area contributed by atoms with Crippen LogP contribution >= 0.6 is 15.9 Å². The van der Waals surface area contributed by atoms with Crippen LogP contribution in [0.2, 0.25) is 0 Å². The van der Waals surface area contributed by atoms with Crippen LogP contribution in [0.15, 0.2) is 18.5 Å². The minimum atomic E-state index is -0.246. The smallest absolute Gasteiger partial charge is 0.141 e. The molecule has 1 nitrogen and oxygen atoms in total. The number of nitrogens with zero attached hydrogens (tertiary/aromatic N) is 1. The Balaban J connectivity index is 2.37. The lowest BCUT2D eigenvalue weighted by Crippen LogP contribution is -2.00. The zero-order valence-corrected chi connectivity index (χ0v) is 9.93. The van der Waals surface area contributed by atoms with Gasteiger partial charge in [0.1, 0.15) is 5.82 Å². The van der Waals surface area contributed by atoms with Crippen molar-refractivity contribution in [2.24, 2.45) is 0 Å². The van der Waals surface area contributed by atoms with Gasteiger partial charge in [-0.3, -0.25) is 4.98 Å². The summed E-state index contributed by atoms with van der Waals surface area (Å²) in [6.45, 7) is 2.16. The van der Waals surface area contributed by atoms with E-state index in [1.54, 1.807) is 12.3 Å². The van der Waals surface area contributed by atoms with Crippen molar-refractivity contribution in [1.82, 2.24) is 4.98 Å². The summed E-state index contributed by atoms with van der Waals surface area (Å²) in [7, 11) is 0. The van der Waals surface area contributed by atoms with Gasteiger partial charge in [0.05, 0.1) is 6.20 Å². The van der Waals surface area contributed by atoms with Crippen molar-refractivity contribution in [3.63, 3.8) is 0 Å². The van der Waals surface area contributed by atoms with Crippen LogP contribution in [-0.4, -0.2) is 9.81 Å². The highest BCUT2D eigenvalue weighted by Crippen LogP contribution is 2.15. The molecule has 14 heavy (non-hydrogen) atoms. The maximum Gasteiger partial charge on any atom is 0.141 e. The largest absolute Gasteiger partial charge is 0.261 e. The van der Waals surface area contributed by atoms with Crippen LogP contribution in [-0.2, 0) is 6.42 Å². The first-order chi connectivity index (χ1) is 6.72. The molecule has 0 aliphatic carbocycles. The second-order valence-electron chi connectivity index (χ2n) is 3.44. The lowest BCUT2D eigenvalue weighted by molar-refractivity contribution is 0.615. The Labute approximate surface area is 92.9 Å². The van der Waals surface area contributed by atoms with Gasteiger partial charge in [-0.15, -0.1) is 0 Å². The average molecular weight is 260 g/mol. The van der Waals surface area contributed by atoms with Gasteiger partial charge in [-0.2, -0.15) is 0 Å². The van der Waals surface area contributed by atoms with Gasteiger partial charge in [0.15, 0.2) is 0 Å². The lowest BCUT2D eigenvalue weighted by atomic mass is 10.1. The predicted octanol–water partition coefficient (Wildman–Crippen LogP) is 3.72. The SMILES string of the molecule is CCCC(Br)CCc1cncc(F)c1. The van der Waals surface area contributed by atoms with Crippen molar-refractivity contribution in [1.29, 1.82) is 0 Å². The van der Waals surface area contributed by atoms with Crippen molar-refractivity contribution in [2.45, 2.75) is 37.4 Å². The van der Waals surface area contributed by atoms with Crippen LogP contribution in [0, 0.1) is 5.82 Å². The van der Waals surface area contributed by atoms with Crippen molar-refractivity contribution in [2.75, 3.05) is 0 Å². The van der Waals surface area contributed by atoms with E-state index in [1.807, 2.05) is 0 Å². The highest BCUT2D eigenvalue weighted by Gasteiger charge is 2.03. The van der Waals surface area contributed by atoms with E-state index in [-0.39, 0.29) is 5.82 Å². The first-order valence-corrected chi connectivity index (χ1v) is 5.87. The molecule has 78 valence electrons. The minimum absolute atomic E-state index is 0.246. The van der Waals surface area contributed by atoms with Gasteiger partial charge in [-0.05, 0) is 30.9 Å². The van der Waals surface area contributed by atoms with Crippen molar-refractivity contribution < 1.29 is 4.39 Å². The molecule has 1 unspecified atom stereocenters. The fraction of sp³-hybridized carbons (Fsp3) is 0.545. The standard InChI is InChI=1S/C11H15BrFN/c1-2-3-10(12)5-4-9-6-11(13)8-14-7-9/h6-8,10H,2-5H2,1H3. The summed E-state index contributed by atoms with van der Waals surface area (Å²) in [5.74, 6) is -0.246. The van der Waals surface area contributed by atoms with Crippen LogP contribution in [0.1, 0.15) is 31.7 Å². The molecule has 0 fully saturated rings. The molecule has 0 radical (unpaired) electrons. The molecule has 0 N–H and O–H groups in total. The van der Waals surface area contributed by atoms with E-state index in [9.17, 15) is 4.39 Å². The monoisotopic (exact) mass is 259 g/mol. The van der Waals surface area contributed by atoms with Gasteiger partial charge in [-0.1, -0.05) is 29.3 Å². The first kappa shape index (κ1) is 11.6. The number of halogens is 2. The second-order valence-corrected chi connectivity index (χ2v) is 4.73. The van der Waals surface area contributed by atoms with Crippen molar-refractivity contribution in [3.05, 3.63) is 29.8 Å². The summed E-state index contributed by atoms with van der Waals surface area (Å²) < 4.78 is 12.8. The summed E-state index contributed by atoms with van der Waals surface area (Å²) in [5.41, 5.74) is 0.977. The van der Waals surface area contributed by atoms with E-state index in [4.69, 9.17) is 0 Å². The molecule has 1 aromatic rings. The third-order valence-electron chi connectivity index (χ3n) is 2.11. The maximum absolute atomic E-state index is 12.8. The van der Waals surface area contributed by atoms with Crippen LogP contribution in [0.4, 0.5) is 4.39 Å². The Kier molecular flexibility index (Phi) is 5.09. The van der Waals surface area contributed by atoms with Crippen LogP contribution < -0.4 is 0 Å². The number of aromatic nitrogens is 1. The van der Waals surface area contributed by atoms with E-state index in [1.165, 1.54) is 19.0 Å². The van der Waals surface area contributed by atoms with E-state index in [2.05, 4.69) is 27.8 Å². The Morgan fingerprint density at radius 1 is 1.43 bits per heavy atom. The van der Waals surface area contributed by atoms with Gasteiger partial charge in [-0.25, -0.2) is 4.39 Å². The van der Waals surface area contributed by atoms with Gasteiger partial charge in [0.25, 0.3) is 0 Å². The maximum atomic E-state index is 12.8. The van der Waals surface area contributed by atoms with Gasteiger partial charge in [0, 0.05) is 11.0 Å². The molecule has 0 bridgehead atoms. The average Bonchev–Trinajstić information content (AvgIpc) is 2.15. The first-order valence-electron chi connectivity index (χ1n) is 4.96. The Bertz CT molecular complexity index is 278. The summed E-state index contributed by atoms with van der Waals surface area (Å²) in [5, 5.41) is 0. The van der Waals surface area contributed by atoms with Crippen LogP contribution in [0.5, 0.6) is 0 Å². The molecule has 0 saturated heterocycles. The Hall–Kier alpha value is -0.440. The fourth-order valence-corrected chi connectivity index (χ4v) is 2.06. The summed E-state index contributed by atoms with van der Waals surface area (Å²) in [6, 6.07) is 1.55. The predicted molar refractivity (Wildman–Crippen MR) is 60.1 cm³/mol. The van der Waals surface area contributed by atoms with E-state index < -0.39 is 0 Å². The molecule has 1 atom stereocenters. The van der Waals surface area contributed by atoms with Crippen LogP contribution in [0.25, 0.3) is 0 Å². The zero-order valence-electron chi connectivity index (χ0n) is 8.34. The second kappa shape index (κ2) is 6.12. The highest BCUT2D eigenvalue weighted by atomic mass is 79.9. The van der Waals surface area contributed by atoms with Crippen molar-refractivity contribution in [3.8, 4) is 0 Å². The van der Waals surface area contributed by atoms with Crippen LogP contribution in [0.3, 0.4) is 0 Å². The number of hydrogen-bond donors (Lipinski definition) is 0. The molecule has 0 aliphatic rings. The van der Waals surface area contributed by atoms with Crippen molar-refractivity contribution >= 4 is 15.9 Å². The molecule has 1 rings (SSSR count). The molecule has 0 amide bonds. The third kappa shape index (κ3) is 4.18. The van der Waals surface area contributed by atoms with Gasteiger partial charge in [0.2, 0.25) is 0 Å². The van der Waals surface area contributed by atoms with Gasteiger partial charge >= 0.3 is 0 Å². The van der Waals surface area contributed by atoms with E-state index in [0.29, 0.717) is 4.83 Å². The molecule has 0 spiro atoms. The quantitative estimate of drug-likeness (QED) is 0.735. The topological polar surface area (TPSA) is 12.9 Å². The number of alkyl halides is 1. The lowest BCUT2D eigenvalue weighted by Gasteiger charge is -2.07. The molecule has 3 heteroatoms. The molecular formula is C11H15BrFN. The van der Waals surface area contributed by atoms with Gasteiger partial charge < -0.3 is 0 Å². The summed E-state index contributed by atoms with van der Waals surface area (Å²) >= 11 is 3.60. The molecule has 0 aliphatic heterocycles. The molecule has 1 heterocycles.